The van der Waals surface area contributed by atoms with Gasteiger partial charge in [-0.25, -0.2) is 0 Å². The average Bonchev–Trinajstić information content (AvgIpc) is 3.65. The first kappa shape index (κ1) is 34.9. The number of hydrogen-bond donors (Lipinski definition) is 0. The van der Waals surface area contributed by atoms with Gasteiger partial charge < -0.3 is 4.57 Å². The summed E-state index contributed by atoms with van der Waals surface area (Å²) in [4.78, 5) is 5.16. The molecule has 0 spiro atoms. The van der Waals surface area contributed by atoms with Crippen molar-refractivity contribution >= 4 is 54.1 Å². The zero-order valence-corrected chi connectivity index (χ0v) is 33.3. The van der Waals surface area contributed by atoms with E-state index >= 15 is 0 Å². The van der Waals surface area contributed by atoms with Gasteiger partial charge >= 0.3 is 0 Å². The van der Waals surface area contributed by atoms with Gasteiger partial charge in [-0.15, -0.1) is 0 Å². The van der Waals surface area contributed by atoms with Gasteiger partial charge in [-0.1, -0.05) is 182 Å². The van der Waals surface area contributed by atoms with Crippen LogP contribution in [0.25, 0.3) is 116 Å². The predicted octanol–water partition coefficient (Wildman–Crippen LogP) is 16.0. The Bertz CT molecular complexity index is 3530. The highest BCUT2D eigenvalue weighted by Crippen LogP contribution is 2.44. The van der Waals surface area contributed by atoms with Crippen LogP contribution in [0.4, 0.5) is 0 Å². The van der Waals surface area contributed by atoms with E-state index in [0.29, 0.717) is 0 Å². The molecule has 10 aromatic carbocycles. The third-order valence-corrected chi connectivity index (χ3v) is 12.4. The molecule has 61 heavy (non-hydrogen) atoms. The standard InChI is InChI=1S/C59H38N2/c1-3-13-39(14-4-1)40-27-29-43(30-28-40)58-49-19-9-11-21-51(49)59(52-22-12-10-20-50(52)58)55-33-31-47(38-60-55)42-25-23-41(24-26-42)46-32-34-56-53(36-46)54-35-44-15-7-8-16-45(44)37-57(54)61(56)48-17-5-2-6-18-48/h1-38H. The summed E-state index contributed by atoms with van der Waals surface area (Å²) in [6.07, 6.45) is 2.03. The van der Waals surface area contributed by atoms with Crippen LogP contribution in [0.15, 0.2) is 231 Å². The zero-order chi connectivity index (χ0) is 40.3. The smallest absolute Gasteiger partial charge is 0.0714 e. The number of fused-ring (bicyclic) bond motifs is 6. The maximum absolute atomic E-state index is 5.16. The van der Waals surface area contributed by atoms with E-state index in [1.807, 2.05) is 6.20 Å². The van der Waals surface area contributed by atoms with Gasteiger partial charge in [0.25, 0.3) is 0 Å². The number of benzene rings is 10. The maximum atomic E-state index is 5.16. The first-order valence-corrected chi connectivity index (χ1v) is 20.9. The maximum Gasteiger partial charge on any atom is 0.0714 e. The van der Waals surface area contributed by atoms with E-state index in [1.54, 1.807) is 0 Å². The van der Waals surface area contributed by atoms with Crippen molar-refractivity contribution in [1.29, 1.82) is 0 Å². The van der Waals surface area contributed by atoms with Gasteiger partial charge in [-0.05, 0) is 114 Å². The molecule has 12 rings (SSSR count). The molecule has 0 fully saturated rings. The number of aromatic nitrogens is 2. The minimum atomic E-state index is 0.967. The molecular formula is C59H38N2. The number of para-hydroxylation sites is 1. The van der Waals surface area contributed by atoms with Crippen molar-refractivity contribution in [2.45, 2.75) is 0 Å². The highest BCUT2D eigenvalue weighted by atomic mass is 15.0. The Morgan fingerprint density at radius 2 is 0.738 bits per heavy atom. The summed E-state index contributed by atoms with van der Waals surface area (Å²) in [5.74, 6) is 0. The Hall–Kier alpha value is -8.07. The van der Waals surface area contributed by atoms with E-state index in [4.69, 9.17) is 4.98 Å². The lowest BCUT2D eigenvalue weighted by Gasteiger charge is -2.17. The Balaban J connectivity index is 0.899. The second kappa shape index (κ2) is 14.3. The molecule has 2 aromatic heterocycles. The monoisotopic (exact) mass is 774 g/mol. The largest absolute Gasteiger partial charge is 0.309 e. The van der Waals surface area contributed by atoms with Crippen LogP contribution in [-0.2, 0) is 0 Å². The molecule has 2 nitrogen and oxygen atoms in total. The molecule has 2 heteroatoms. The lowest BCUT2D eigenvalue weighted by molar-refractivity contribution is 1.18. The number of pyridine rings is 1. The van der Waals surface area contributed by atoms with Gasteiger partial charge in [-0.3, -0.25) is 4.98 Å². The van der Waals surface area contributed by atoms with Crippen molar-refractivity contribution in [2.75, 3.05) is 0 Å². The van der Waals surface area contributed by atoms with Crippen molar-refractivity contribution in [3.8, 4) is 61.5 Å². The van der Waals surface area contributed by atoms with Crippen LogP contribution < -0.4 is 0 Å². The Morgan fingerprint density at radius 1 is 0.279 bits per heavy atom. The SMILES string of the molecule is c1ccc(-c2ccc(-c3c4ccccc4c(-c4ccc(-c5ccc(-c6ccc7c(c6)c6cc8ccccc8cc6n7-c6ccccc6)cc5)cn4)c4ccccc34)cc2)cc1. The normalized spacial score (nSPS) is 11.6. The Labute approximate surface area is 354 Å². The summed E-state index contributed by atoms with van der Waals surface area (Å²) in [6, 6.07) is 81.3. The van der Waals surface area contributed by atoms with Crippen LogP contribution in [0.5, 0.6) is 0 Å². The molecule has 0 saturated carbocycles. The van der Waals surface area contributed by atoms with E-state index in [1.165, 1.54) is 87.5 Å². The fourth-order valence-corrected chi connectivity index (χ4v) is 9.48. The fraction of sp³-hybridized carbons (Fsp3) is 0. The van der Waals surface area contributed by atoms with Crippen molar-refractivity contribution in [2.24, 2.45) is 0 Å². The molecule has 12 aromatic rings. The van der Waals surface area contributed by atoms with E-state index < -0.39 is 0 Å². The zero-order valence-electron chi connectivity index (χ0n) is 33.3. The highest BCUT2D eigenvalue weighted by molar-refractivity contribution is 6.21. The van der Waals surface area contributed by atoms with Crippen LogP contribution in [0.2, 0.25) is 0 Å². The van der Waals surface area contributed by atoms with E-state index in [9.17, 15) is 0 Å². The average molecular weight is 775 g/mol. The highest BCUT2D eigenvalue weighted by Gasteiger charge is 2.18. The summed E-state index contributed by atoms with van der Waals surface area (Å²) in [5, 5.41) is 9.85. The molecule has 0 aliphatic rings. The Morgan fingerprint density at radius 3 is 1.36 bits per heavy atom. The molecular weight excluding hydrogens is 737 g/mol. The van der Waals surface area contributed by atoms with E-state index in [2.05, 4.69) is 229 Å². The molecule has 2 heterocycles. The molecule has 0 amide bonds. The summed E-state index contributed by atoms with van der Waals surface area (Å²) in [7, 11) is 0. The fourth-order valence-electron chi connectivity index (χ4n) is 9.48. The summed E-state index contributed by atoms with van der Waals surface area (Å²) in [6.45, 7) is 0. The molecule has 0 atom stereocenters. The molecule has 0 aliphatic heterocycles. The van der Waals surface area contributed by atoms with Crippen LogP contribution in [0.1, 0.15) is 0 Å². The van der Waals surface area contributed by atoms with Gasteiger partial charge in [0, 0.05) is 33.8 Å². The first-order valence-electron chi connectivity index (χ1n) is 20.9. The van der Waals surface area contributed by atoms with Crippen molar-refractivity contribution in [1.82, 2.24) is 9.55 Å². The van der Waals surface area contributed by atoms with Crippen LogP contribution in [0.3, 0.4) is 0 Å². The second-order valence-corrected chi connectivity index (χ2v) is 15.9. The van der Waals surface area contributed by atoms with Crippen molar-refractivity contribution < 1.29 is 0 Å². The molecule has 0 N–H and O–H groups in total. The summed E-state index contributed by atoms with van der Waals surface area (Å²) in [5.41, 5.74) is 15.2. The minimum Gasteiger partial charge on any atom is -0.309 e. The number of nitrogens with zero attached hydrogens (tertiary/aromatic N) is 2. The van der Waals surface area contributed by atoms with Gasteiger partial charge in [-0.2, -0.15) is 0 Å². The molecule has 0 unspecified atom stereocenters. The quantitative estimate of drug-likeness (QED) is 0.154. The van der Waals surface area contributed by atoms with Crippen LogP contribution in [-0.4, -0.2) is 9.55 Å². The number of rotatable bonds is 6. The molecule has 0 radical (unpaired) electrons. The van der Waals surface area contributed by atoms with Gasteiger partial charge in [0.1, 0.15) is 0 Å². The van der Waals surface area contributed by atoms with Crippen molar-refractivity contribution in [3.63, 3.8) is 0 Å². The Kier molecular flexibility index (Phi) is 8.21. The van der Waals surface area contributed by atoms with Gasteiger partial charge in [0.05, 0.1) is 16.7 Å². The van der Waals surface area contributed by atoms with E-state index in [-0.39, 0.29) is 0 Å². The second-order valence-electron chi connectivity index (χ2n) is 15.9. The summed E-state index contributed by atoms with van der Waals surface area (Å²) >= 11 is 0. The third kappa shape index (κ3) is 5.92. The topological polar surface area (TPSA) is 17.8 Å². The van der Waals surface area contributed by atoms with Gasteiger partial charge in [0.15, 0.2) is 0 Å². The van der Waals surface area contributed by atoms with E-state index in [0.717, 1.165) is 28.1 Å². The lowest BCUT2D eigenvalue weighted by atomic mass is 9.87. The lowest BCUT2D eigenvalue weighted by Crippen LogP contribution is -1.93. The molecule has 0 saturated heterocycles. The summed E-state index contributed by atoms with van der Waals surface area (Å²) < 4.78 is 2.39. The van der Waals surface area contributed by atoms with Gasteiger partial charge in [0.2, 0.25) is 0 Å². The molecule has 284 valence electrons. The molecule has 0 aliphatic carbocycles. The van der Waals surface area contributed by atoms with Crippen molar-refractivity contribution in [3.05, 3.63) is 231 Å². The first-order chi connectivity index (χ1) is 30.2. The number of hydrogen-bond acceptors (Lipinski definition) is 1. The predicted molar refractivity (Wildman–Crippen MR) is 258 cm³/mol. The minimum absolute atomic E-state index is 0.967. The third-order valence-electron chi connectivity index (χ3n) is 12.4. The van der Waals surface area contributed by atoms with Crippen LogP contribution >= 0.6 is 0 Å². The molecule has 0 bridgehead atoms. The van der Waals surface area contributed by atoms with Crippen LogP contribution in [0, 0.1) is 0 Å².